The Morgan fingerprint density at radius 1 is 1.00 bits per heavy atom. The van der Waals surface area contributed by atoms with Crippen LogP contribution in [0.15, 0.2) is 6.33 Å². The van der Waals surface area contributed by atoms with E-state index in [2.05, 4.69) is 9.97 Å². The topological polar surface area (TPSA) is 81.6 Å². The fraction of sp³-hybridized carbons (Fsp3) is 0.647. The van der Waals surface area contributed by atoms with Crippen molar-refractivity contribution in [1.29, 1.82) is 0 Å². The van der Waals surface area contributed by atoms with E-state index in [9.17, 15) is 9.59 Å². The molecule has 0 aromatic carbocycles. The third kappa shape index (κ3) is 6.16. The second-order valence-corrected chi connectivity index (χ2v) is 8.21. The number of hydrogen-bond acceptors (Lipinski definition) is 6. The molecule has 0 radical (unpaired) electrons. The van der Waals surface area contributed by atoms with Crippen molar-refractivity contribution >= 4 is 29.6 Å². The molecule has 0 saturated carbocycles. The van der Waals surface area contributed by atoms with Crippen LogP contribution in [0.4, 0.5) is 15.4 Å². The number of amides is 2. The van der Waals surface area contributed by atoms with E-state index in [0.29, 0.717) is 5.56 Å². The zero-order valence-corrected chi connectivity index (χ0v) is 16.8. The van der Waals surface area contributed by atoms with Crippen molar-refractivity contribution in [2.75, 3.05) is 4.90 Å². The van der Waals surface area contributed by atoms with E-state index in [1.165, 1.54) is 6.33 Å². The zero-order valence-electron chi connectivity index (χ0n) is 16.0. The molecule has 0 bridgehead atoms. The molecule has 0 aliphatic heterocycles. The summed E-state index contributed by atoms with van der Waals surface area (Å²) in [7, 11) is 0. The molecule has 8 heteroatoms. The second-order valence-electron chi connectivity index (χ2n) is 7.85. The Kier molecular flexibility index (Phi) is 6.39. The fourth-order valence-electron chi connectivity index (χ4n) is 1.90. The molecular formula is C17H26ClN3O4. The van der Waals surface area contributed by atoms with Gasteiger partial charge in [-0.25, -0.2) is 19.6 Å². The Morgan fingerprint density at radius 2 is 1.44 bits per heavy atom. The Bertz CT molecular complexity index is 620. The Morgan fingerprint density at radius 3 is 1.80 bits per heavy atom. The number of hydrogen-bond donors (Lipinski definition) is 0. The highest BCUT2D eigenvalue weighted by atomic mass is 35.5. The fourth-order valence-corrected chi connectivity index (χ4v) is 2.25. The molecule has 2 amide bonds. The van der Waals surface area contributed by atoms with Crippen LogP contribution in [-0.2, 0) is 9.47 Å². The van der Waals surface area contributed by atoms with E-state index in [1.807, 2.05) is 13.8 Å². The van der Waals surface area contributed by atoms with E-state index in [1.54, 1.807) is 41.5 Å². The number of carbonyl (C=O) groups is 2. The van der Waals surface area contributed by atoms with Crippen LogP contribution in [0.3, 0.4) is 0 Å². The molecule has 140 valence electrons. The number of ether oxygens (including phenoxy) is 2. The summed E-state index contributed by atoms with van der Waals surface area (Å²) in [6, 6.07) is 0. The lowest BCUT2D eigenvalue weighted by Crippen LogP contribution is -2.44. The number of carbonyl (C=O) groups excluding carboxylic acids is 2. The molecule has 0 N–H and O–H groups in total. The first kappa shape index (κ1) is 21.2. The summed E-state index contributed by atoms with van der Waals surface area (Å²) >= 11 is 6.16. The molecule has 0 saturated heterocycles. The standard InChI is InChI=1S/C17H26ClN3O4/c1-10(2)11-12(18)19-9-20-13(11)21(14(22)24-16(3,4)5)15(23)25-17(6,7)8/h9-10H,1-8H3. The van der Waals surface area contributed by atoms with Gasteiger partial charge in [-0.3, -0.25) is 0 Å². The lowest BCUT2D eigenvalue weighted by molar-refractivity contribution is 0.0428. The molecule has 0 unspecified atom stereocenters. The van der Waals surface area contributed by atoms with Gasteiger partial charge < -0.3 is 9.47 Å². The molecular weight excluding hydrogens is 346 g/mol. The summed E-state index contributed by atoms with van der Waals surface area (Å²) < 4.78 is 10.7. The van der Waals surface area contributed by atoms with E-state index >= 15 is 0 Å². The summed E-state index contributed by atoms with van der Waals surface area (Å²) in [4.78, 5) is 34.1. The van der Waals surface area contributed by atoms with Crippen LogP contribution in [0.1, 0.15) is 66.9 Å². The van der Waals surface area contributed by atoms with E-state index < -0.39 is 23.4 Å². The van der Waals surface area contributed by atoms with Gasteiger partial charge in [0, 0.05) is 5.56 Å². The van der Waals surface area contributed by atoms with Gasteiger partial charge in [-0.1, -0.05) is 25.4 Å². The average molecular weight is 372 g/mol. The summed E-state index contributed by atoms with van der Waals surface area (Å²) in [5.41, 5.74) is -1.14. The maximum atomic E-state index is 12.7. The normalized spacial score (nSPS) is 12.1. The molecule has 1 aromatic rings. The van der Waals surface area contributed by atoms with Gasteiger partial charge >= 0.3 is 12.2 Å². The number of nitrogens with zero attached hydrogens (tertiary/aromatic N) is 3. The Hall–Kier alpha value is -1.89. The van der Waals surface area contributed by atoms with Gasteiger partial charge in [0.05, 0.1) is 0 Å². The maximum absolute atomic E-state index is 12.7. The maximum Gasteiger partial charge on any atom is 0.425 e. The molecule has 0 atom stereocenters. The van der Waals surface area contributed by atoms with Gasteiger partial charge in [-0.2, -0.15) is 4.90 Å². The highest BCUT2D eigenvalue weighted by Gasteiger charge is 2.36. The van der Waals surface area contributed by atoms with Gasteiger partial charge in [0.25, 0.3) is 0 Å². The van der Waals surface area contributed by atoms with Crippen LogP contribution in [0, 0.1) is 0 Å². The lowest BCUT2D eigenvalue weighted by Gasteiger charge is -2.29. The minimum Gasteiger partial charge on any atom is -0.443 e. The number of rotatable bonds is 2. The predicted octanol–water partition coefficient (Wildman–Crippen LogP) is 4.93. The largest absolute Gasteiger partial charge is 0.443 e. The summed E-state index contributed by atoms with van der Waals surface area (Å²) in [6.45, 7) is 13.9. The molecule has 1 aromatic heterocycles. The third-order valence-electron chi connectivity index (χ3n) is 2.76. The van der Waals surface area contributed by atoms with Crippen molar-refractivity contribution in [3.8, 4) is 0 Å². The third-order valence-corrected chi connectivity index (χ3v) is 3.06. The molecule has 0 spiro atoms. The lowest BCUT2D eigenvalue weighted by atomic mass is 10.1. The highest BCUT2D eigenvalue weighted by molar-refractivity contribution is 6.30. The first-order valence-electron chi connectivity index (χ1n) is 7.99. The summed E-state index contributed by atoms with van der Waals surface area (Å²) in [5, 5.41) is 0.164. The molecule has 7 nitrogen and oxygen atoms in total. The summed E-state index contributed by atoms with van der Waals surface area (Å²) in [5.74, 6) is -0.0745. The Labute approximate surface area is 153 Å². The number of aromatic nitrogens is 2. The smallest absolute Gasteiger partial charge is 0.425 e. The molecule has 1 heterocycles. The van der Waals surface area contributed by atoms with Crippen LogP contribution in [0.2, 0.25) is 5.15 Å². The second kappa shape index (κ2) is 7.56. The van der Waals surface area contributed by atoms with Gasteiger partial charge in [0.15, 0.2) is 5.82 Å². The SMILES string of the molecule is CC(C)c1c(Cl)ncnc1N(C(=O)OC(C)(C)C)C(=O)OC(C)(C)C. The number of imide groups is 1. The van der Waals surface area contributed by atoms with Crippen molar-refractivity contribution in [1.82, 2.24) is 9.97 Å². The van der Waals surface area contributed by atoms with Crippen LogP contribution in [-0.4, -0.2) is 33.4 Å². The van der Waals surface area contributed by atoms with Crippen molar-refractivity contribution in [2.45, 2.75) is 72.5 Å². The molecule has 1 rings (SSSR count). The number of anilines is 1. The zero-order chi connectivity index (χ0) is 19.6. The van der Waals surface area contributed by atoms with Gasteiger partial charge in [0.2, 0.25) is 0 Å². The van der Waals surface area contributed by atoms with Crippen molar-refractivity contribution in [3.63, 3.8) is 0 Å². The van der Waals surface area contributed by atoms with Crippen LogP contribution in [0.5, 0.6) is 0 Å². The Balaban J connectivity index is 3.45. The van der Waals surface area contributed by atoms with Gasteiger partial charge in [-0.05, 0) is 47.5 Å². The van der Waals surface area contributed by atoms with Crippen molar-refractivity contribution in [2.24, 2.45) is 0 Å². The van der Waals surface area contributed by atoms with Crippen molar-refractivity contribution in [3.05, 3.63) is 17.0 Å². The van der Waals surface area contributed by atoms with E-state index in [4.69, 9.17) is 21.1 Å². The summed E-state index contributed by atoms with van der Waals surface area (Å²) in [6.07, 6.45) is -0.595. The minimum atomic E-state index is -0.890. The highest BCUT2D eigenvalue weighted by Crippen LogP contribution is 2.32. The van der Waals surface area contributed by atoms with Crippen LogP contribution in [0.25, 0.3) is 0 Å². The quantitative estimate of drug-likeness (QED) is 0.685. The first-order valence-corrected chi connectivity index (χ1v) is 8.37. The minimum absolute atomic E-state index is 0.0542. The molecule has 0 fully saturated rings. The van der Waals surface area contributed by atoms with Crippen LogP contribution < -0.4 is 4.90 Å². The first-order chi connectivity index (χ1) is 11.2. The average Bonchev–Trinajstić information content (AvgIpc) is 2.33. The molecule has 0 aliphatic carbocycles. The monoisotopic (exact) mass is 371 g/mol. The van der Waals surface area contributed by atoms with E-state index in [-0.39, 0.29) is 16.9 Å². The van der Waals surface area contributed by atoms with Gasteiger partial charge in [-0.15, -0.1) is 0 Å². The van der Waals surface area contributed by atoms with Crippen LogP contribution >= 0.6 is 11.6 Å². The molecule has 25 heavy (non-hydrogen) atoms. The van der Waals surface area contributed by atoms with Crippen molar-refractivity contribution < 1.29 is 19.1 Å². The van der Waals surface area contributed by atoms with E-state index in [0.717, 1.165) is 4.90 Å². The van der Waals surface area contributed by atoms with Gasteiger partial charge in [0.1, 0.15) is 22.7 Å². The predicted molar refractivity (Wildman–Crippen MR) is 96.1 cm³/mol. The molecule has 0 aliphatic rings. The number of halogens is 1.